The summed E-state index contributed by atoms with van der Waals surface area (Å²) >= 11 is 0. The van der Waals surface area contributed by atoms with Crippen LogP contribution >= 0.6 is 0 Å². The lowest BCUT2D eigenvalue weighted by atomic mass is 9.91. The molecule has 0 aromatic heterocycles. The van der Waals surface area contributed by atoms with Gasteiger partial charge in [0.2, 0.25) is 0 Å². The summed E-state index contributed by atoms with van der Waals surface area (Å²) in [7, 11) is 0. The fraction of sp³-hybridized carbons (Fsp3) is 0.824. The average molecular weight is 326 g/mol. The third kappa shape index (κ3) is 8.69. The van der Waals surface area contributed by atoms with Gasteiger partial charge in [-0.1, -0.05) is 44.6 Å². The van der Waals surface area contributed by atoms with Crippen LogP contribution in [0.25, 0.3) is 0 Å². The minimum atomic E-state index is -0.758. The van der Waals surface area contributed by atoms with Gasteiger partial charge in [-0.2, -0.15) is 0 Å². The van der Waals surface area contributed by atoms with Gasteiger partial charge in [-0.05, 0) is 38.5 Å². The third-order valence-corrected chi connectivity index (χ3v) is 4.76. The predicted octanol–water partition coefficient (Wildman–Crippen LogP) is 4.17. The molecule has 0 radical (unpaired) electrons. The molecule has 3 N–H and O–H groups in total. The molecule has 0 amide bonds. The number of nitrogens with one attached hydrogen (secondary N) is 1. The lowest BCUT2D eigenvalue weighted by molar-refractivity contribution is -0.133. The number of aliphatic carboxylic acids is 1. The molecular formula is C17H30N2O4. The molecular weight excluding hydrogens is 296 g/mol. The Kier molecular flexibility index (Phi) is 10.3. The van der Waals surface area contributed by atoms with E-state index in [0.717, 1.165) is 24.9 Å². The van der Waals surface area contributed by atoms with E-state index in [9.17, 15) is 4.79 Å². The van der Waals surface area contributed by atoms with Gasteiger partial charge >= 0.3 is 5.97 Å². The van der Waals surface area contributed by atoms with E-state index >= 15 is 0 Å². The molecule has 0 unspecified atom stereocenters. The largest absolute Gasteiger partial charge is 0.478 e. The van der Waals surface area contributed by atoms with Crippen molar-refractivity contribution in [1.82, 2.24) is 5.32 Å². The maximum atomic E-state index is 9.91. The topological polar surface area (TPSA) is 99.0 Å². The highest BCUT2D eigenvalue weighted by atomic mass is 16.6. The number of nitrogens with zero attached hydrogens (tertiary/aromatic N) is 1. The van der Waals surface area contributed by atoms with Gasteiger partial charge < -0.3 is 15.6 Å². The molecule has 23 heavy (non-hydrogen) atoms. The van der Waals surface area contributed by atoms with Crippen LogP contribution in [-0.4, -0.2) is 28.4 Å². The van der Waals surface area contributed by atoms with Crippen molar-refractivity contribution < 1.29 is 15.1 Å². The number of hydrogen-bond donors (Lipinski definition) is 3. The van der Waals surface area contributed by atoms with E-state index in [2.05, 4.69) is 5.32 Å². The molecule has 3 rings (SSSR count). The molecule has 6 heteroatoms. The molecule has 0 aromatic rings. The minimum absolute atomic E-state index is 0.569. The van der Waals surface area contributed by atoms with Crippen molar-refractivity contribution in [2.24, 2.45) is 5.34 Å². The predicted molar refractivity (Wildman–Crippen MR) is 89.4 cm³/mol. The second-order valence-electron chi connectivity index (χ2n) is 6.49. The minimum Gasteiger partial charge on any atom is -0.478 e. The molecule has 0 atom stereocenters. The highest BCUT2D eigenvalue weighted by molar-refractivity contribution is 5.87. The number of carboxylic acids is 1. The first-order valence-electron chi connectivity index (χ1n) is 8.82. The molecule has 0 heterocycles. The summed E-state index contributed by atoms with van der Waals surface area (Å²) in [5.41, 5.74) is 0.569. The van der Waals surface area contributed by atoms with Crippen molar-refractivity contribution in [1.29, 1.82) is 0 Å². The van der Waals surface area contributed by atoms with Crippen molar-refractivity contribution >= 4 is 5.97 Å². The van der Waals surface area contributed by atoms with E-state index in [1.54, 1.807) is 6.08 Å². The summed E-state index contributed by atoms with van der Waals surface area (Å²) in [6.45, 7) is 0. The molecule has 2 fully saturated rings. The Labute approximate surface area is 138 Å². The monoisotopic (exact) mass is 326 g/mol. The maximum Gasteiger partial charge on any atom is 0.331 e. The molecule has 0 aliphatic heterocycles. The van der Waals surface area contributed by atoms with Crippen molar-refractivity contribution in [2.75, 3.05) is 0 Å². The number of carbonyl (C=O) groups is 1. The van der Waals surface area contributed by atoms with E-state index in [-0.39, 0.29) is 0 Å². The first kappa shape index (κ1) is 19.6. The molecule has 0 bridgehead atoms. The van der Waals surface area contributed by atoms with Crippen LogP contribution in [-0.2, 0) is 4.79 Å². The summed E-state index contributed by atoms with van der Waals surface area (Å²) in [5, 5.41) is 19.9. The highest BCUT2D eigenvalue weighted by Crippen LogP contribution is 2.22. The zero-order valence-electron chi connectivity index (χ0n) is 13.9. The Bertz CT molecular complexity index is 357. The van der Waals surface area contributed by atoms with Gasteiger partial charge in [0, 0.05) is 17.7 Å². The molecule has 3 aliphatic rings. The van der Waals surface area contributed by atoms with Crippen LogP contribution in [0.15, 0.2) is 17.0 Å². The van der Waals surface area contributed by atoms with Crippen molar-refractivity contribution in [3.8, 4) is 0 Å². The zero-order valence-corrected chi connectivity index (χ0v) is 13.9. The Hall–Kier alpha value is -1.43. The van der Waals surface area contributed by atoms with Crippen LogP contribution in [0.5, 0.6) is 0 Å². The van der Waals surface area contributed by atoms with Crippen LogP contribution in [0.1, 0.15) is 77.0 Å². The van der Waals surface area contributed by atoms with Gasteiger partial charge in [-0.25, -0.2) is 4.79 Å². The lowest BCUT2D eigenvalue weighted by Crippen LogP contribution is -2.40. The number of allylic oxidation sites excluding steroid dienone is 1. The second kappa shape index (κ2) is 12.0. The van der Waals surface area contributed by atoms with Crippen molar-refractivity contribution in [3.63, 3.8) is 0 Å². The van der Waals surface area contributed by atoms with Gasteiger partial charge in [0.05, 0.1) is 0 Å². The van der Waals surface area contributed by atoms with Crippen LogP contribution < -0.4 is 5.32 Å². The Morgan fingerprint density at radius 3 is 1.61 bits per heavy atom. The Morgan fingerprint density at radius 1 is 1.00 bits per heavy atom. The first-order chi connectivity index (χ1) is 11.2. The number of rotatable bonds is 3. The molecule has 0 spiro atoms. The van der Waals surface area contributed by atoms with E-state index in [0.29, 0.717) is 5.57 Å². The van der Waals surface area contributed by atoms with Crippen LogP contribution in [0.4, 0.5) is 0 Å². The highest BCUT2D eigenvalue weighted by Gasteiger charge is 2.19. The summed E-state index contributed by atoms with van der Waals surface area (Å²) < 4.78 is 0. The van der Waals surface area contributed by atoms with Crippen molar-refractivity contribution in [2.45, 2.75) is 89.1 Å². The first-order valence-corrected chi connectivity index (χ1v) is 8.82. The van der Waals surface area contributed by atoms with Gasteiger partial charge in [0.1, 0.15) is 0 Å². The fourth-order valence-corrected chi connectivity index (χ4v) is 3.35. The van der Waals surface area contributed by atoms with Gasteiger partial charge in [-0.3, -0.25) is 0 Å². The Balaban J connectivity index is 0.000000223. The number of carboxylic acid groups (broad SMARTS) is 1. The van der Waals surface area contributed by atoms with Crippen LogP contribution in [0.2, 0.25) is 0 Å². The molecule has 0 aromatic carbocycles. The zero-order chi connectivity index (χ0) is 16.9. The Morgan fingerprint density at radius 2 is 1.39 bits per heavy atom. The van der Waals surface area contributed by atoms with Crippen LogP contribution in [0.3, 0.4) is 0 Å². The quantitative estimate of drug-likeness (QED) is 0.534. The summed E-state index contributed by atoms with van der Waals surface area (Å²) in [6, 6.07) is 1.74. The van der Waals surface area contributed by atoms with Crippen molar-refractivity contribution in [3.05, 3.63) is 16.6 Å². The smallest absolute Gasteiger partial charge is 0.331 e. The summed E-state index contributed by atoms with van der Waals surface area (Å²) in [6.07, 6.45) is 18.0. The third-order valence-electron chi connectivity index (χ3n) is 4.76. The summed E-state index contributed by atoms with van der Waals surface area (Å²) in [5.74, 6) is -0.758. The molecule has 2 saturated carbocycles. The van der Waals surface area contributed by atoms with E-state index in [1.807, 2.05) is 0 Å². The van der Waals surface area contributed by atoms with E-state index in [1.165, 1.54) is 69.5 Å². The van der Waals surface area contributed by atoms with Gasteiger partial charge in [0.15, 0.2) is 5.34 Å². The van der Waals surface area contributed by atoms with Gasteiger partial charge in [-0.15, -0.1) is 4.91 Å². The van der Waals surface area contributed by atoms with Gasteiger partial charge in [0.25, 0.3) is 0 Å². The molecule has 0 saturated heterocycles. The van der Waals surface area contributed by atoms with E-state index < -0.39 is 5.97 Å². The second-order valence-corrected chi connectivity index (χ2v) is 6.49. The lowest BCUT2D eigenvalue weighted by Gasteiger charge is -2.30. The standard InChI is InChI=1S/C12H23N.C5H6O2.HNO2/c1-3-7-11(8-4-1)13-12-9-5-2-6-10-12;6-5(7)4-2-1-3-4;2-1-3/h11-13H,1-10H2;2H,1,3H2,(H,6,7);(H,2,3). The van der Waals surface area contributed by atoms with E-state index in [4.69, 9.17) is 15.2 Å². The maximum absolute atomic E-state index is 9.91. The number of hydrogen-bond acceptors (Lipinski definition) is 4. The van der Waals surface area contributed by atoms with Crippen LogP contribution in [0, 0.1) is 4.91 Å². The average Bonchev–Trinajstić information content (AvgIpc) is 2.48. The normalized spacial score (nSPS) is 21.5. The summed E-state index contributed by atoms with van der Waals surface area (Å²) in [4.78, 5) is 18.0. The SMILES string of the molecule is C1CCC(NC2CCCCC2)CC1.O=C(O)C1=CCC1.O=NO. The fourth-order valence-electron chi connectivity index (χ4n) is 3.35. The molecule has 3 aliphatic carbocycles. The molecule has 6 nitrogen and oxygen atoms in total. The molecule has 132 valence electrons.